The molecule has 0 atom stereocenters. The predicted octanol–water partition coefficient (Wildman–Crippen LogP) is -0.0830. The van der Waals surface area contributed by atoms with Crippen molar-refractivity contribution in [3.8, 4) is 0 Å². The Hall–Kier alpha value is -2.20. The fourth-order valence-electron chi connectivity index (χ4n) is 1.92. The van der Waals surface area contributed by atoms with Gasteiger partial charge in [0.05, 0.1) is 11.4 Å². The van der Waals surface area contributed by atoms with Crippen LogP contribution in [0.25, 0.3) is 12.2 Å². The van der Waals surface area contributed by atoms with Crippen molar-refractivity contribution in [2.75, 3.05) is 10.6 Å². The van der Waals surface area contributed by atoms with E-state index >= 15 is 0 Å². The Labute approximate surface area is 92.8 Å². The SMILES string of the molecule is NNC1=CC=c2ccc3c(c2N1)NC=CC=3. The van der Waals surface area contributed by atoms with E-state index in [1.165, 1.54) is 5.22 Å². The minimum absolute atomic E-state index is 0.789. The van der Waals surface area contributed by atoms with Crippen molar-refractivity contribution >= 4 is 23.5 Å². The van der Waals surface area contributed by atoms with Crippen LogP contribution in [0.3, 0.4) is 0 Å². The first-order valence-corrected chi connectivity index (χ1v) is 5.10. The highest BCUT2D eigenvalue weighted by Crippen LogP contribution is 2.17. The van der Waals surface area contributed by atoms with Gasteiger partial charge >= 0.3 is 0 Å². The monoisotopic (exact) mass is 212 g/mol. The molecule has 80 valence electrons. The maximum atomic E-state index is 5.39. The van der Waals surface area contributed by atoms with E-state index in [1.807, 2.05) is 24.4 Å². The molecule has 1 aromatic carbocycles. The third kappa shape index (κ3) is 1.28. The molecule has 0 saturated heterocycles. The number of hydrogen-bond acceptors (Lipinski definition) is 4. The molecule has 4 heteroatoms. The largest absolute Gasteiger partial charge is 0.359 e. The van der Waals surface area contributed by atoms with Crippen LogP contribution in [-0.2, 0) is 0 Å². The van der Waals surface area contributed by atoms with E-state index in [0.29, 0.717) is 0 Å². The average molecular weight is 212 g/mol. The van der Waals surface area contributed by atoms with Crippen LogP contribution >= 0.6 is 0 Å². The molecular weight excluding hydrogens is 200 g/mol. The summed E-state index contributed by atoms with van der Waals surface area (Å²) in [5.41, 5.74) is 4.74. The first kappa shape index (κ1) is 9.06. The number of rotatable bonds is 1. The molecule has 5 N–H and O–H groups in total. The highest BCUT2D eigenvalue weighted by atomic mass is 15.3. The molecule has 0 radical (unpaired) electrons. The smallest absolute Gasteiger partial charge is 0.117 e. The van der Waals surface area contributed by atoms with E-state index in [-0.39, 0.29) is 0 Å². The lowest BCUT2D eigenvalue weighted by Crippen LogP contribution is -2.31. The Bertz CT molecular complexity index is 611. The summed E-state index contributed by atoms with van der Waals surface area (Å²) < 4.78 is 0. The zero-order valence-corrected chi connectivity index (χ0v) is 8.62. The van der Waals surface area contributed by atoms with E-state index < -0.39 is 0 Å². The Morgan fingerprint density at radius 2 is 1.81 bits per heavy atom. The second kappa shape index (κ2) is 3.43. The average Bonchev–Trinajstić information content (AvgIpc) is 2.38. The van der Waals surface area contributed by atoms with Gasteiger partial charge in [-0.1, -0.05) is 18.2 Å². The van der Waals surface area contributed by atoms with Gasteiger partial charge in [-0.25, -0.2) is 5.84 Å². The molecule has 0 saturated carbocycles. The summed E-state index contributed by atoms with van der Waals surface area (Å²) in [5.74, 6) is 6.18. The Morgan fingerprint density at radius 1 is 1.00 bits per heavy atom. The number of nitrogens with one attached hydrogen (secondary N) is 3. The van der Waals surface area contributed by atoms with E-state index in [1.54, 1.807) is 0 Å². The van der Waals surface area contributed by atoms with E-state index in [0.717, 1.165) is 22.4 Å². The van der Waals surface area contributed by atoms with Gasteiger partial charge in [0, 0.05) is 16.6 Å². The lowest BCUT2D eigenvalue weighted by Gasteiger charge is -2.19. The molecule has 2 aliphatic rings. The summed E-state index contributed by atoms with van der Waals surface area (Å²) in [6.07, 6.45) is 9.91. The number of allylic oxidation sites excluding steroid dienone is 2. The standard InChI is InChI=1S/C12H12N4/c13-16-10-6-5-9-4-3-8-2-1-7-14-11(8)12(9)15-10/h1-7,14-16H,13H2. The summed E-state index contributed by atoms with van der Waals surface area (Å²) in [4.78, 5) is 0. The van der Waals surface area contributed by atoms with Crippen LogP contribution in [0.5, 0.6) is 0 Å². The number of fused-ring (bicyclic) bond motifs is 3. The third-order valence-electron chi connectivity index (χ3n) is 2.71. The molecule has 0 aromatic heterocycles. The number of hydrazine groups is 1. The van der Waals surface area contributed by atoms with Crippen LogP contribution in [0.1, 0.15) is 0 Å². The molecule has 16 heavy (non-hydrogen) atoms. The summed E-state index contributed by atoms with van der Waals surface area (Å²) in [7, 11) is 0. The normalized spacial score (nSPS) is 15.4. The van der Waals surface area contributed by atoms with Crippen LogP contribution in [0.2, 0.25) is 0 Å². The van der Waals surface area contributed by atoms with E-state index in [4.69, 9.17) is 5.84 Å². The summed E-state index contributed by atoms with van der Waals surface area (Å²) in [6.45, 7) is 0. The number of benzene rings is 1. The lowest BCUT2D eigenvalue weighted by molar-refractivity contribution is 0.891. The topological polar surface area (TPSA) is 62.1 Å². The molecule has 0 fully saturated rings. The number of anilines is 2. The number of nitrogens with two attached hydrogens (primary N) is 1. The van der Waals surface area contributed by atoms with Crippen LogP contribution in [-0.4, -0.2) is 0 Å². The molecular formula is C12H12N4. The minimum Gasteiger partial charge on any atom is -0.359 e. The zero-order chi connectivity index (χ0) is 11.0. The molecule has 3 rings (SSSR count). The van der Waals surface area contributed by atoms with Crippen molar-refractivity contribution < 1.29 is 0 Å². The molecule has 2 heterocycles. The molecule has 2 aliphatic heterocycles. The van der Waals surface area contributed by atoms with Gasteiger partial charge in [-0.05, 0) is 18.2 Å². The van der Waals surface area contributed by atoms with Crippen molar-refractivity contribution in [3.05, 3.63) is 46.7 Å². The van der Waals surface area contributed by atoms with Gasteiger partial charge in [0.15, 0.2) is 0 Å². The fraction of sp³-hybridized carbons (Fsp3) is 0. The highest BCUT2D eigenvalue weighted by Gasteiger charge is 2.10. The summed E-state index contributed by atoms with van der Waals surface area (Å²) >= 11 is 0. The summed E-state index contributed by atoms with van der Waals surface area (Å²) in [6, 6.07) is 4.18. The van der Waals surface area contributed by atoms with Gasteiger partial charge in [-0.15, -0.1) is 0 Å². The van der Waals surface area contributed by atoms with Gasteiger partial charge in [0.2, 0.25) is 0 Å². The van der Waals surface area contributed by atoms with Crippen LogP contribution in [0, 0.1) is 0 Å². The van der Waals surface area contributed by atoms with Crippen LogP contribution < -0.4 is 32.3 Å². The van der Waals surface area contributed by atoms with Crippen molar-refractivity contribution in [2.45, 2.75) is 0 Å². The Kier molecular flexibility index (Phi) is 1.94. The maximum Gasteiger partial charge on any atom is 0.117 e. The molecule has 0 amide bonds. The molecule has 0 spiro atoms. The van der Waals surface area contributed by atoms with Crippen LogP contribution in [0.15, 0.2) is 36.3 Å². The molecule has 0 unspecified atom stereocenters. The first-order valence-electron chi connectivity index (χ1n) is 5.10. The molecule has 0 aliphatic carbocycles. The third-order valence-corrected chi connectivity index (χ3v) is 2.71. The molecule has 4 nitrogen and oxygen atoms in total. The minimum atomic E-state index is 0.789. The van der Waals surface area contributed by atoms with Crippen molar-refractivity contribution in [3.63, 3.8) is 0 Å². The van der Waals surface area contributed by atoms with Crippen molar-refractivity contribution in [1.82, 2.24) is 5.43 Å². The second-order valence-electron chi connectivity index (χ2n) is 3.68. The zero-order valence-electron chi connectivity index (χ0n) is 8.62. The van der Waals surface area contributed by atoms with Gasteiger partial charge in [0.1, 0.15) is 5.82 Å². The van der Waals surface area contributed by atoms with Crippen LogP contribution in [0.4, 0.5) is 11.4 Å². The molecule has 1 aromatic rings. The highest BCUT2D eigenvalue weighted by molar-refractivity contribution is 5.79. The lowest BCUT2D eigenvalue weighted by atomic mass is 10.1. The Balaban J connectivity index is 2.24. The fourth-order valence-corrected chi connectivity index (χ4v) is 1.92. The summed E-state index contributed by atoms with van der Waals surface area (Å²) in [5, 5.41) is 8.81. The van der Waals surface area contributed by atoms with Gasteiger partial charge < -0.3 is 16.1 Å². The van der Waals surface area contributed by atoms with Crippen molar-refractivity contribution in [1.29, 1.82) is 0 Å². The second-order valence-corrected chi connectivity index (χ2v) is 3.68. The maximum absolute atomic E-state index is 5.39. The molecule has 0 bridgehead atoms. The first-order chi connectivity index (χ1) is 7.88. The van der Waals surface area contributed by atoms with E-state index in [9.17, 15) is 0 Å². The quantitative estimate of drug-likeness (QED) is 0.388. The van der Waals surface area contributed by atoms with Gasteiger partial charge in [-0.2, -0.15) is 0 Å². The number of hydrogen-bond donors (Lipinski definition) is 4. The van der Waals surface area contributed by atoms with E-state index in [2.05, 4.69) is 34.3 Å². The Morgan fingerprint density at radius 3 is 2.62 bits per heavy atom. The van der Waals surface area contributed by atoms with Crippen molar-refractivity contribution in [2.24, 2.45) is 5.84 Å². The van der Waals surface area contributed by atoms with Gasteiger partial charge in [0.25, 0.3) is 0 Å². The van der Waals surface area contributed by atoms with Gasteiger partial charge in [-0.3, -0.25) is 0 Å². The predicted molar refractivity (Wildman–Crippen MR) is 66.4 cm³/mol.